The van der Waals surface area contributed by atoms with Crippen molar-refractivity contribution in [2.24, 2.45) is 0 Å². The van der Waals surface area contributed by atoms with Crippen molar-refractivity contribution in [3.05, 3.63) is 35.4 Å². The molecule has 0 aliphatic carbocycles. The standard InChI is InChI=1S/C14H18F3NO2/c1-3-8-18-13(2,9-12(19)20)10-4-6-11(7-5-10)14(15,16)17/h4-7,18H,3,8-9H2,1-2H3,(H,19,20). The minimum absolute atomic E-state index is 0.196. The first-order chi connectivity index (χ1) is 9.19. The van der Waals surface area contributed by atoms with Crippen molar-refractivity contribution in [2.75, 3.05) is 6.54 Å². The van der Waals surface area contributed by atoms with Crippen LogP contribution in [0, 0.1) is 0 Å². The Morgan fingerprint density at radius 2 is 1.70 bits per heavy atom. The van der Waals surface area contributed by atoms with Gasteiger partial charge in [0.05, 0.1) is 17.5 Å². The van der Waals surface area contributed by atoms with Gasteiger partial charge in [-0.2, -0.15) is 13.2 Å². The number of hydrogen-bond acceptors (Lipinski definition) is 2. The molecule has 1 unspecified atom stereocenters. The molecule has 1 aromatic rings. The van der Waals surface area contributed by atoms with Crippen molar-refractivity contribution in [2.45, 2.75) is 38.4 Å². The van der Waals surface area contributed by atoms with Gasteiger partial charge < -0.3 is 10.4 Å². The number of alkyl halides is 3. The zero-order valence-corrected chi connectivity index (χ0v) is 11.4. The minimum atomic E-state index is -4.39. The van der Waals surface area contributed by atoms with Crippen LogP contribution in [0.5, 0.6) is 0 Å². The summed E-state index contributed by atoms with van der Waals surface area (Å²) in [7, 11) is 0. The Labute approximate surface area is 115 Å². The third-order valence-corrected chi connectivity index (χ3v) is 3.12. The average Bonchev–Trinajstić information content (AvgIpc) is 2.35. The second-order valence-electron chi connectivity index (χ2n) is 4.90. The first-order valence-corrected chi connectivity index (χ1v) is 6.33. The molecule has 2 N–H and O–H groups in total. The Balaban J connectivity index is 3.05. The molecule has 0 aromatic heterocycles. The highest BCUT2D eigenvalue weighted by Crippen LogP contribution is 2.32. The molecule has 1 rings (SSSR count). The highest BCUT2D eigenvalue weighted by atomic mass is 19.4. The van der Waals surface area contributed by atoms with Gasteiger partial charge in [0, 0.05) is 0 Å². The van der Waals surface area contributed by atoms with Crippen molar-refractivity contribution in [1.82, 2.24) is 5.32 Å². The van der Waals surface area contributed by atoms with Crippen LogP contribution in [0.25, 0.3) is 0 Å². The molecular formula is C14H18F3NO2. The predicted molar refractivity (Wildman–Crippen MR) is 69.3 cm³/mol. The largest absolute Gasteiger partial charge is 0.481 e. The van der Waals surface area contributed by atoms with Crippen LogP contribution in [0.3, 0.4) is 0 Å². The number of nitrogens with one attached hydrogen (secondary N) is 1. The fourth-order valence-electron chi connectivity index (χ4n) is 2.00. The van der Waals surface area contributed by atoms with Crippen LogP contribution in [-0.4, -0.2) is 17.6 Å². The maximum atomic E-state index is 12.5. The number of aliphatic carboxylic acids is 1. The zero-order chi connectivity index (χ0) is 15.4. The Morgan fingerprint density at radius 1 is 1.20 bits per heavy atom. The Hall–Kier alpha value is -1.56. The molecule has 1 atom stereocenters. The first kappa shape index (κ1) is 16.5. The highest BCUT2D eigenvalue weighted by molar-refractivity contribution is 5.68. The number of carbonyl (C=O) groups is 1. The van der Waals surface area contributed by atoms with E-state index >= 15 is 0 Å². The van der Waals surface area contributed by atoms with Crippen molar-refractivity contribution < 1.29 is 23.1 Å². The van der Waals surface area contributed by atoms with Crippen LogP contribution in [0.1, 0.15) is 37.8 Å². The van der Waals surface area contributed by atoms with E-state index in [0.717, 1.165) is 18.6 Å². The zero-order valence-electron chi connectivity index (χ0n) is 11.4. The maximum absolute atomic E-state index is 12.5. The molecular weight excluding hydrogens is 271 g/mol. The summed E-state index contributed by atoms with van der Waals surface area (Å²) >= 11 is 0. The summed E-state index contributed by atoms with van der Waals surface area (Å²) in [5.41, 5.74) is -1.10. The number of rotatable bonds is 6. The van der Waals surface area contributed by atoms with Gasteiger partial charge in [0.15, 0.2) is 0 Å². The van der Waals surface area contributed by atoms with Crippen LogP contribution >= 0.6 is 0 Å². The van der Waals surface area contributed by atoms with E-state index in [0.29, 0.717) is 12.1 Å². The molecule has 0 amide bonds. The van der Waals surface area contributed by atoms with Crippen LogP contribution in [0.15, 0.2) is 24.3 Å². The quantitative estimate of drug-likeness (QED) is 0.844. The Kier molecular flexibility index (Phi) is 5.16. The van der Waals surface area contributed by atoms with E-state index < -0.39 is 23.2 Å². The predicted octanol–water partition coefficient (Wildman–Crippen LogP) is 3.39. The van der Waals surface area contributed by atoms with Crippen molar-refractivity contribution >= 4 is 5.97 Å². The molecule has 0 bridgehead atoms. The summed E-state index contributed by atoms with van der Waals surface area (Å²) in [6, 6.07) is 4.61. The van der Waals surface area contributed by atoms with Crippen LogP contribution in [0.4, 0.5) is 13.2 Å². The summed E-state index contributed by atoms with van der Waals surface area (Å²) in [6.45, 7) is 4.20. The first-order valence-electron chi connectivity index (χ1n) is 6.33. The van der Waals surface area contributed by atoms with Crippen LogP contribution in [0.2, 0.25) is 0 Å². The van der Waals surface area contributed by atoms with Gasteiger partial charge in [-0.25, -0.2) is 0 Å². The highest BCUT2D eigenvalue weighted by Gasteiger charge is 2.32. The lowest BCUT2D eigenvalue weighted by Crippen LogP contribution is -2.41. The number of halogens is 3. The minimum Gasteiger partial charge on any atom is -0.481 e. The number of benzene rings is 1. The molecule has 0 spiro atoms. The van der Waals surface area contributed by atoms with E-state index in [4.69, 9.17) is 5.11 Å². The van der Waals surface area contributed by atoms with E-state index in [1.807, 2.05) is 6.92 Å². The number of carboxylic acid groups (broad SMARTS) is 1. The van der Waals surface area contributed by atoms with E-state index in [2.05, 4.69) is 5.32 Å². The van der Waals surface area contributed by atoms with Crippen molar-refractivity contribution in [1.29, 1.82) is 0 Å². The third-order valence-electron chi connectivity index (χ3n) is 3.12. The topological polar surface area (TPSA) is 49.3 Å². The fraction of sp³-hybridized carbons (Fsp3) is 0.500. The van der Waals surface area contributed by atoms with E-state index in [1.165, 1.54) is 12.1 Å². The Morgan fingerprint density at radius 3 is 2.10 bits per heavy atom. The molecule has 0 saturated carbocycles. The average molecular weight is 289 g/mol. The lowest BCUT2D eigenvalue weighted by molar-refractivity contribution is -0.139. The summed E-state index contributed by atoms with van der Waals surface area (Å²) in [5.74, 6) is -1.00. The van der Waals surface area contributed by atoms with Gasteiger partial charge in [0.1, 0.15) is 0 Å². The fourth-order valence-corrected chi connectivity index (χ4v) is 2.00. The molecule has 20 heavy (non-hydrogen) atoms. The van der Waals surface area contributed by atoms with E-state index in [1.54, 1.807) is 6.92 Å². The summed E-state index contributed by atoms with van der Waals surface area (Å²) in [5, 5.41) is 12.1. The molecule has 0 radical (unpaired) electrons. The summed E-state index contributed by atoms with van der Waals surface area (Å²) in [4.78, 5) is 11.0. The molecule has 0 aliphatic rings. The molecule has 6 heteroatoms. The van der Waals surface area contributed by atoms with Crippen molar-refractivity contribution in [3.8, 4) is 0 Å². The lowest BCUT2D eigenvalue weighted by Gasteiger charge is -2.30. The lowest BCUT2D eigenvalue weighted by atomic mass is 9.88. The van der Waals surface area contributed by atoms with E-state index in [-0.39, 0.29) is 6.42 Å². The van der Waals surface area contributed by atoms with Gasteiger partial charge in [0.25, 0.3) is 0 Å². The molecule has 0 fully saturated rings. The molecule has 0 heterocycles. The van der Waals surface area contributed by atoms with Gasteiger partial charge in [0.2, 0.25) is 0 Å². The monoisotopic (exact) mass is 289 g/mol. The van der Waals surface area contributed by atoms with Gasteiger partial charge in [-0.1, -0.05) is 19.1 Å². The van der Waals surface area contributed by atoms with Crippen molar-refractivity contribution in [3.63, 3.8) is 0 Å². The molecule has 3 nitrogen and oxygen atoms in total. The van der Waals surface area contributed by atoms with Gasteiger partial charge in [-0.15, -0.1) is 0 Å². The maximum Gasteiger partial charge on any atom is 0.416 e. The van der Waals surface area contributed by atoms with Gasteiger partial charge in [-0.05, 0) is 37.6 Å². The molecule has 112 valence electrons. The van der Waals surface area contributed by atoms with Crippen LogP contribution in [-0.2, 0) is 16.5 Å². The smallest absolute Gasteiger partial charge is 0.416 e. The van der Waals surface area contributed by atoms with Gasteiger partial charge in [-0.3, -0.25) is 4.79 Å². The SMILES string of the molecule is CCCNC(C)(CC(=O)O)c1ccc(C(F)(F)F)cc1. The number of hydrogen-bond donors (Lipinski definition) is 2. The molecule has 0 saturated heterocycles. The summed E-state index contributed by atoms with van der Waals surface area (Å²) in [6.07, 6.45) is -3.78. The molecule has 0 aliphatic heterocycles. The summed E-state index contributed by atoms with van der Waals surface area (Å²) < 4.78 is 37.6. The van der Waals surface area contributed by atoms with Gasteiger partial charge >= 0.3 is 12.1 Å². The second-order valence-corrected chi connectivity index (χ2v) is 4.90. The van der Waals surface area contributed by atoms with Crippen LogP contribution < -0.4 is 5.32 Å². The Bertz CT molecular complexity index is 456. The number of carboxylic acids is 1. The third kappa shape index (κ3) is 4.23. The van der Waals surface area contributed by atoms with E-state index in [9.17, 15) is 18.0 Å². The normalized spacial score (nSPS) is 14.8. The second kappa shape index (κ2) is 6.26. The molecule has 1 aromatic carbocycles.